The Balaban J connectivity index is 2.90. The van der Waals surface area contributed by atoms with E-state index in [1.165, 1.54) is 0 Å². The number of carbonyl (C=O) groups is 1. The van der Waals surface area contributed by atoms with Crippen molar-refractivity contribution in [3.63, 3.8) is 0 Å². The van der Waals surface area contributed by atoms with Gasteiger partial charge >= 0.3 is 5.97 Å². The predicted octanol–water partition coefficient (Wildman–Crippen LogP) is 1.38. The summed E-state index contributed by atoms with van der Waals surface area (Å²) in [7, 11) is 0. The van der Waals surface area contributed by atoms with E-state index in [-0.39, 0.29) is 6.42 Å². The molecule has 1 rings (SSSR count). The van der Waals surface area contributed by atoms with Crippen LogP contribution in [0.15, 0.2) is 24.3 Å². The second-order valence-corrected chi connectivity index (χ2v) is 2.53. The fourth-order valence-corrected chi connectivity index (χ4v) is 0.905. The zero-order valence-corrected chi connectivity index (χ0v) is 7.32. The number of hydrogen-bond acceptors (Lipinski definition) is 2. The standard InChI is InChI=1S/C11H7NO2/c12-8-10-5-2-1-4-9(10)6-3-7-11(13)14/h1-2,4-5H,7H2,(H,13,14). The molecule has 1 aromatic rings. The molecule has 3 heteroatoms. The van der Waals surface area contributed by atoms with Crippen molar-refractivity contribution in [2.24, 2.45) is 0 Å². The van der Waals surface area contributed by atoms with Crippen LogP contribution in [-0.2, 0) is 4.79 Å². The van der Waals surface area contributed by atoms with Gasteiger partial charge in [0.2, 0.25) is 0 Å². The first-order chi connectivity index (χ1) is 6.74. The zero-order chi connectivity index (χ0) is 10.4. The molecule has 68 valence electrons. The maximum absolute atomic E-state index is 10.2. The molecule has 0 saturated carbocycles. The molecule has 0 radical (unpaired) electrons. The molecule has 14 heavy (non-hydrogen) atoms. The number of nitrogens with zero attached hydrogens (tertiary/aromatic N) is 1. The Morgan fingerprint density at radius 3 is 2.57 bits per heavy atom. The molecule has 3 nitrogen and oxygen atoms in total. The molecular formula is C11H7NO2. The van der Waals surface area contributed by atoms with Gasteiger partial charge in [-0.1, -0.05) is 24.0 Å². The monoisotopic (exact) mass is 185 g/mol. The summed E-state index contributed by atoms with van der Waals surface area (Å²) in [5.74, 6) is 4.15. The third kappa shape index (κ3) is 2.66. The van der Waals surface area contributed by atoms with Crippen molar-refractivity contribution < 1.29 is 9.90 Å². The van der Waals surface area contributed by atoms with E-state index in [2.05, 4.69) is 11.8 Å². The molecule has 0 fully saturated rings. The molecule has 0 saturated heterocycles. The average Bonchev–Trinajstić information content (AvgIpc) is 2.18. The summed E-state index contributed by atoms with van der Waals surface area (Å²) < 4.78 is 0. The van der Waals surface area contributed by atoms with E-state index in [0.717, 1.165) is 0 Å². The normalized spacial score (nSPS) is 8.21. The lowest BCUT2D eigenvalue weighted by molar-refractivity contribution is -0.135. The Morgan fingerprint density at radius 2 is 2.00 bits per heavy atom. The van der Waals surface area contributed by atoms with Crippen LogP contribution in [0.5, 0.6) is 0 Å². The molecule has 0 amide bonds. The van der Waals surface area contributed by atoms with Crippen LogP contribution in [0.1, 0.15) is 17.5 Å². The highest BCUT2D eigenvalue weighted by atomic mass is 16.4. The maximum Gasteiger partial charge on any atom is 0.315 e. The van der Waals surface area contributed by atoms with Crippen LogP contribution in [-0.4, -0.2) is 11.1 Å². The van der Waals surface area contributed by atoms with E-state index < -0.39 is 5.97 Å². The fraction of sp³-hybridized carbons (Fsp3) is 0.0909. The first-order valence-electron chi connectivity index (χ1n) is 3.94. The average molecular weight is 185 g/mol. The lowest BCUT2D eigenvalue weighted by Gasteiger charge is -1.91. The molecule has 0 atom stereocenters. The Morgan fingerprint density at radius 1 is 1.36 bits per heavy atom. The Labute approximate surface area is 81.6 Å². The minimum absolute atomic E-state index is 0.209. The highest BCUT2D eigenvalue weighted by molar-refractivity contribution is 5.70. The Kier molecular flexibility index (Phi) is 3.29. The SMILES string of the molecule is N#Cc1ccccc1C#CCC(=O)O. The van der Waals surface area contributed by atoms with Crippen LogP contribution < -0.4 is 0 Å². The summed E-state index contributed by atoms with van der Waals surface area (Å²) in [6.45, 7) is 0. The molecule has 0 heterocycles. The van der Waals surface area contributed by atoms with Crippen molar-refractivity contribution in [1.29, 1.82) is 5.26 Å². The van der Waals surface area contributed by atoms with Gasteiger partial charge in [0.15, 0.2) is 0 Å². The first-order valence-corrected chi connectivity index (χ1v) is 3.94. The van der Waals surface area contributed by atoms with E-state index in [0.29, 0.717) is 11.1 Å². The van der Waals surface area contributed by atoms with Gasteiger partial charge < -0.3 is 5.11 Å². The minimum Gasteiger partial charge on any atom is -0.481 e. The van der Waals surface area contributed by atoms with Crippen molar-refractivity contribution in [2.45, 2.75) is 6.42 Å². The lowest BCUT2D eigenvalue weighted by Crippen LogP contribution is -1.90. The highest BCUT2D eigenvalue weighted by Gasteiger charge is 1.95. The van der Waals surface area contributed by atoms with Gasteiger partial charge in [-0.3, -0.25) is 4.79 Å². The number of carboxylic acid groups (broad SMARTS) is 1. The summed E-state index contributed by atoms with van der Waals surface area (Å²) in [4.78, 5) is 10.2. The lowest BCUT2D eigenvalue weighted by atomic mass is 10.1. The number of rotatable bonds is 1. The second-order valence-electron chi connectivity index (χ2n) is 2.53. The first kappa shape index (κ1) is 9.83. The summed E-state index contributed by atoms with van der Waals surface area (Å²) >= 11 is 0. The number of benzene rings is 1. The van der Waals surface area contributed by atoms with Crippen LogP contribution in [0.4, 0.5) is 0 Å². The van der Waals surface area contributed by atoms with Crippen molar-refractivity contribution in [1.82, 2.24) is 0 Å². The molecule has 0 aliphatic carbocycles. The Hall–Kier alpha value is -2.26. The summed E-state index contributed by atoms with van der Waals surface area (Å²) in [6, 6.07) is 8.81. The second kappa shape index (κ2) is 4.69. The van der Waals surface area contributed by atoms with Crippen molar-refractivity contribution in [2.75, 3.05) is 0 Å². The largest absolute Gasteiger partial charge is 0.481 e. The van der Waals surface area contributed by atoms with Gasteiger partial charge in [-0.05, 0) is 12.1 Å². The van der Waals surface area contributed by atoms with Gasteiger partial charge in [-0.2, -0.15) is 5.26 Å². The van der Waals surface area contributed by atoms with E-state index in [1.807, 2.05) is 6.07 Å². The van der Waals surface area contributed by atoms with E-state index in [9.17, 15) is 4.79 Å². The van der Waals surface area contributed by atoms with Crippen molar-refractivity contribution in [3.05, 3.63) is 35.4 Å². The molecule has 0 unspecified atom stereocenters. The van der Waals surface area contributed by atoms with Gasteiger partial charge in [0, 0.05) is 5.56 Å². The topological polar surface area (TPSA) is 61.1 Å². The summed E-state index contributed by atoms with van der Waals surface area (Å²) in [6.07, 6.45) is -0.209. The minimum atomic E-state index is -0.966. The number of hydrogen-bond donors (Lipinski definition) is 1. The number of nitriles is 1. The van der Waals surface area contributed by atoms with E-state index >= 15 is 0 Å². The van der Waals surface area contributed by atoms with Gasteiger partial charge in [0.25, 0.3) is 0 Å². The maximum atomic E-state index is 10.2. The molecular weight excluding hydrogens is 178 g/mol. The smallest absolute Gasteiger partial charge is 0.315 e. The zero-order valence-electron chi connectivity index (χ0n) is 7.32. The van der Waals surface area contributed by atoms with E-state index in [4.69, 9.17) is 10.4 Å². The molecule has 0 aliphatic heterocycles. The van der Waals surface area contributed by atoms with Gasteiger partial charge in [0.1, 0.15) is 12.5 Å². The molecule has 0 spiro atoms. The fourth-order valence-electron chi connectivity index (χ4n) is 0.905. The van der Waals surface area contributed by atoms with Gasteiger partial charge in [0.05, 0.1) is 5.56 Å². The number of aliphatic carboxylic acids is 1. The summed E-state index contributed by atoms with van der Waals surface area (Å²) in [5.41, 5.74) is 1.03. The van der Waals surface area contributed by atoms with Crippen molar-refractivity contribution >= 4 is 5.97 Å². The van der Waals surface area contributed by atoms with Crippen molar-refractivity contribution in [3.8, 4) is 17.9 Å². The highest BCUT2D eigenvalue weighted by Crippen LogP contribution is 2.04. The molecule has 0 aromatic heterocycles. The summed E-state index contributed by atoms with van der Waals surface area (Å²) in [5, 5.41) is 17.0. The molecule has 1 aromatic carbocycles. The molecule has 0 bridgehead atoms. The third-order valence-electron chi connectivity index (χ3n) is 1.51. The molecule has 0 aliphatic rings. The van der Waals surface area contributed by atoms with Gasteiger partial charge in [-0.15, -0.1) is 0 Å². The van der Waals surface area contributed by atoms with Crippen LogP contribution in [0.25, 0.3) is 0 Å². The quantitative estimate of drug-likeness (QED) is 0.672. The van der Waals surface area contributed by atoms with Crippen LogP contribution in [0.2, 0.25) is 0 Å². The van der Waals surface area contributed by atoms with Gasteiger partial charge in [-0.25, -0.2) is 0 Å². The van der Waals surface area contributed by atoms with Crippen LogP contribution in [0, 0.1) is 23.2 Å². The van der Waals surface area contributed by atoms with E-state index in [1.54, 1.807) is 24.3 Å². The van der Waals surface area contributed by atoms with Crippen LogP contribution >= 0.6 is 0 Å². The third-order valence-corrected chi connectivity index (χ3v) is 1.51. The van der Waals surface area contributed by atoms with Crippen LogP contribution in [0.3, 0.4) is 0 Å². The Bertz CT molecular complexity index is 446. The number of carboxylic acids is 1. The predicted molar refractivity (Wildman–Crippen MR) is 50.3 cm³/mol. The molecule has 1 N–H and O–H groups in total.